The van der Waals surface area contributed by atoms with Crippen LogP contribution in [-0.4, -0.2) is 106 Å². The van der Waals surface area contributed by atoms with E-state index in [4.69, 9.17) is 38.9 Å². The number of halogens is 9. The van der Waals surface area contributed by atoms with Gasteiger partial charge in [-0.2, -0.15) is 39.5 Å². The molecular formula is C26H30F9N3O8. The summed E-state index contributed by atoms with van der Waals surface area (Å²) in [6.45, 7) is 6.00. The molecule has 2 fully saturated rings. The van der Waals surface area contributed by atoms with Gasteiger partial charge in [0.15, 0.2) is 0 Å². The summed E-state index contributed by atoms with van der Waals surface area (Å²) in [4.78, 5) is 35.8. The number of fused-ring (bicyclic) bond motifs is 1. The lowest BCUT2D eigenvalue weighted by Gasteiger charge is -2.36. The van der Waals surface area contributed by atoms with Crippen molar-refractivity contribution < 1.29 is 78.4 Å². The Bertz CT molecular complexity index is 1150. The quantitative estimate of drug-likeness (QED) is 0.368. The number of furan rings is 1. The number of ether oxygens (including phenoxy) is 1. The van der Waals surface area contributed by atoms with E-state index < -0.39 is 36.4 Å². The average Bonchev–Trinajstić information content (AvgIpc) is 3.58. The minimum atomic E-state index is -5.08. The molecule has 0 radical (unpaired) electrons. The molecule has 0 amide bonds. The maximum Gasteiger partial charge on any atom is 0.490 e. The van der Waals surface area contributed by atoms with Crippen molar-refractivity contribution in [2.75, 3.05) is 33.3 Å². The van der Waals surface area contributed by atoms with Crippen LogP contribution in [-0.2, 0) is 32.2 Å². The van der Waals surface area contributed by atoms with Crippen LogP contribution in [0.15, 0.2) is 47.3 Å². The van der Waals surface area contributed by atoms with Gasteiger partial charge in [-0.05, 0) is 49.7 Å². The second-order valence-electron chi connectivity index (χ2n) is 9.87. The number of aromatic nitrogens is 1. The Morgan fingerprint density at radius 2 is 1.48 bits per heavy atom. The molecular weight excluding hydrogens is 653 g/mol. The van der Waals surface area contributed by atoms with Gasteiger partial charge in [-0.3, -0.25) is 14.8 Å². The van der Waals surface area contributed by atoms with E-state index in [1.807, 2.05) is 30.6 Å². The molecule has 2 aliphatic heterocycles. The van der Waals surface area contributed by atoms with Gasteiger partial charge < -0.3 is 24.5 Å². The van der Waals surface area contributed by atoms with Gasteiger partial charge in [-0.15, -0.1) is 0 Å². The van der Waals surface area contributed by atoms with Crippen LogP contribution in [0.2, 0.25) is 0 Å². The number of nitrogens with zero attached hydrogens (tertiary/aromatic N) is 3. The zero-order chi connectivity index (χ0) is 35.3. The van der Waals surface area contributed by atoms with Gasteiger partial charge >= 0.3 is 36.4 Å². The molecule has 0 saturated carbocycles. The number of likely N-dealkylation sites (tertiary alicyclic amines) is 1. The highest BCUT2D eigenvalue weighted by Crippen LogP contribution is 2.35. The molecule has 4 heterocycles. The molecule has 2 saturated heterocycles. The summed E-state index contributed by atoms with van der Waals surface area (Å²) in [6, 6.07) is 8.17. The van der Waals surface area contributed by atoms with E-state index in [0.717, 1.165) is 45.1 Å². The lowest BCUT2D eigenvalue weighted by molar-refractivity contribution is -0.193. The first-order chi connectivity index (χ1) is 21.1. The monoisotopic (exact) mass is 683 g/mol. The van der Waals surface area contributed by atoms with E-state index in [1.165, 1.54) is 12.0 Å². The predicted molar refractivity (Wildman–Crippen MR) is 137 cm³/mol. The standard InChI is InChI=1S/C20H27N3O2.3C2HF3O2/c1-22(12-18-5-3-9-24-18)14-20-19-13-23(8-6-17(19)15-25-20)11-16-4-2-7-21-10-16;3*3-2(4,5)1(6)7/h2-5,7,9-10,17,19-20H,6,8,11-15H2,1H3;3*(H,6,7)/t17-,19-,20+;;;/m0.../s1. The van der Waals surface area contributed by atoms with E-state index >= 15 is 0 Å². The van der Waals surface area contributed by atoms with Crippen molar-refractivity contribution in [2.45, 2.75) is 44.1 Å². The topological polar surface area (TPSA) is 154 Å². The van der Waals surface area contributed by atoms with Crippen molar-refractivity contribution in [2.24, 2.45) is 11.8 Å². The Labute approximate surface area is 255 Å². The molecule has 0 unspecified atom stereocenters. The molecule has 3 N–H and O–H groups in total. The Kier molecular flexibility index (Phi) is 15.4. The highest BCUT2D eigenvalue weighted by molar-refractivity contribution is 5.73. The summed E-state index contributed by atoms with van der Waals surface area (Å²) >= 11 is 0. The normalized spacial score (nSPS) is 19.8. The van der Waals surface area contributed by atoms with Crippen LogP contribution in [0.3, 0.4) is 0 Å². The van der Waals surface area contributed by atoms with E-state index in [0.29, 0.717) is 17.9 Å². The lowest BCUT2D eigenvalue weighted by Crippen LogP contribution is -2.44. The fourth-order valence-electron chi connectivity index (χ4n) is 4.22. The molecule has 20 heteroatoms. The van der Waals surface area contributed by atoms with Crippen LogP contribution in [0.1, 0.15) is 17.7 Å². The van der Waals surface area contributed by atoms with Crippen molar-refractivity contribution in [3.05, 3.63) is 54.2 Å². The Balaban J connectivity index is 0.000000413. The first-order valence-corrected chi connectivity index (χ1v) is 12.9. The Morgan fingerprint density at radius 3 is 1.91 bits per heavy atom. The van der Waals surface area contributed by atoms with Crippen LogP contribution in [0, 0.1) is 11.8 Å². The summed E-state index contributed by atoms with van der Waals surface area (Å²) < 4.78 is 107. The fourth-order valence-corrected chi connectivity index (χ4v) is 4.22. The number of rotatable bonds is 6. The van der Waals surface area contributed by atoms with Crippen molar-refractivity contribution >= 4 is 17.9 Å². The number of carbonyl (C=O) groups is 3. The summed E-state index contributed by atoms with van der Waals surface area (Å²) in [7, 11) is 2.15. The van der Waals surface area contributed by atoms with Crippen LogP contribution in [0.4, 0.5) is 39.5 Å². The molecule has 0 spiro atoms. The molecule has 2 aromatic heterocycles. The van der Waals surface area contributed by atoms with E-state index in [-0.39, 0.29) is 0 Å². The van der Waals surface area contributed by atoms with E-state index in [2.05, 4.69) is 27.9 Å². The number of carboxylic acids is 3. The van der Waals surface area contributed by atoms with Gasteiger partial charge in [0.1, 0.15) is 5.76 Å². The maximum absolute atomic E-state index is 10.6. The summed E-state index contributed by atoms with van der Waals surface area (Å²) in [5.41, 5.74) is 1.30. The zero-order valence-electron chi connectivity index (χ0n) is 23.8. The second kappa shape index (κ2) is 17.7. The molecule has 2 aliphatic rings. The van der Waals surface area contributed by atoms with Crippen LogP contribution in [0.25, 0.3) is 0 Å². The smallest absolute Gasteiger partial charge is 0.475 e. The molecule has 0 aliphatic carbocycles. The Hall–Kier alpha value is -3.91. The van der Waals surface area contributed by atoms with Crippen LogP contribution >= 0.6 is 0 Å². The first-order valence-electron chi connectivity index (χ1n) is 12.9. The number of aliphatic carboxylic acids is 3. The summed E-state index contributed by atoms with van der Waals surface area (Å²) in [5.74, 6) is -5.91. The molecule has 0 bridgehead atoms. The number of hydrogen-bond acceptors (Lipinski definition) is 8. The Morgan fingerprint density at radius 1 is 0.935 bits per heavy atom. The third-order valence-electron chi connectivity index (χ3n) is 6.25. The third kappa shape index (κ3) is 15.4. The molecule has 0 aromatic carbocycles. The molecule has 3 atom stereocenters. The molecule has 11 nitrogen and oxygen atoms in total. The SMILES string of the molecule is CN(Cc1ccco1)C[C@H]1OC[C@@H]2CCN(Cc3cccnc3)C[C@@H]21.O=C(O)C(F)(F)F.O=C(O)C(F)(F)F.O=C(O)C(F)(F)F. The average molecular weight is 684 g/mol. The van der Waals surface area contributed by atoms with Gasteiger partial charge in [-0.25, -0.2) is 14.4 Å². The number of piperidine rings is 1. The van der Waals surface area contributed by atoms with Gasteiger partial charge in [-0.1, -0.05) is 6.07 Å². The number of pyridine rings is 1. The largest absolute Gasteiger partial charge is 0.490 e. The van der Waals surface area contributed by atoms with Crippen molar-refractivity contribution in [3.63, 3.8) is 0 Å². The van der Waals surface area contributed by atoms with Crippen molar-refractivity contribution in [1.29, 1.82) is 0 Å². The minimum Gasteiger partial charge on any atom is -0.475 e. The second-order valence-corrected chi connectivity index (χ2v) is 9.87. The molecule has 4 rings (SSSR count). The maximum atomic E-state index is 10.6. The number of hydrogen-bond donors (Lipinski definition) is 3. The van der Waals surface area contributed by atoms with Crippen LogP contribution < -0.4 is 0 Å². The number of alkyl halides is 9. The fraction of sp³-hybridized carbons (Fsp3) is 0.538. The highest BCUT2D eigenvalue weighted by atomic mass is 19.4. The van der Waals surface area contributed by atoms with Crippen molar-refractivity contribution in [1.82, 2.24) is 14.8 Å². The minimum absolute atomic E-state index is 0.321. The van der Waals surface area contributed by atoms with E-state index in [1.54, 1.807) is 6.26 Å². The third-order valence-corrected chi connectivity index (χ3v) is 6.25. The molecule has 2 aromatic rings. The van der Waals surface area contributed by atoms with Gasteiger partial charge in [0.05, 0.1) is 25.5 Å². The van der Waals surface area contributed by atoms with Crippen LogP contribution in [0.5, 0.6) is 0 Å². The van der Waals surface area contributed by atoms with Gasteiger partial charge in [0, 0.05) is 37.9 Å². The molecule has 46 heavy (non-hydrogen) atoms. The summed E-state index contributed by atoms with van der Waals surface area (Å²) in [6.07, 6.45) is -8.13. The highest BCUT2D eigenvalue weighted by Gasteiger charge is 2.41. The van der Waals surface area contributed by atoms with Crippen molar-refractivity contribution in [3.8, 4) is 0 Å². The van der Waals surface area contributed by atoms with Gasteiger partial charge in [0.2, 0.25) is 0 Å². The zero-order valence-corrected chi connectivity index (χ0v) is 23.8. The summed E-state index contributed by atoms with van der Waals surface area (Å²) in [5, 5.41) is 21.4. The lowest BCUT2D eigenvalue weighted by atomic mass is 9.84. The first kappa shape index (κ1) is 40.1. The van der Waals surface area contributed by atoms with Gasteiger partial charge in [0.25, 0.3) is 0 Å². The predicted octanol–water partition coefficient (Wildman–Crippen LogP) is 4.54. The number of carboxylic acid groups (broad SMARTS) is 3. The van der Waals surface area contributed by atoms with E-state index in [9.17, 15) is 39.5 Å². The molecule has 260 valence electrons. The number of likely N-dealkylation sites (N-methyl/N-ethyl adjacent to an activating group) is 1.